The van der Waals surface area contributed by atoms with Crippen molar-refractivity contribution in [1.29, 1.82) is 0 Å². The van der Waals surface area contributed by atoms with Crippen LogP contribution in [0.5, 0.6) is 0 Å². The Hall–Kier alpha value is -1.89. The summed E-state index contributed by atoms with van der Waals surface area (Å²) in [7, 11) is 0. The fraction of sp³-hybridized carbons (Fsp3) is 0.381. The van der Waals surface area contributed by atoms with Gasteiger partial charge in [-0.2, -0.15) is 0 Å². The topological polar surface area (TPSA) is 17.1 Å². The van der Waals surface area contributed by atoms with Gasteiger partial charge in [0.05, 0.1) is 0 Å². The van der Waals surface area contributed by atoms with Crippen molar-refractivity contribution >= 4 is 5.78 Å². The first-order chi connectivity index (χ1) is 10.4. The van der Waals surface area contributed by atoms with Crippen molar-refractivity contribution in [1.82, 2.24) is 0 Å². The molecule has 0 spiro atoms. The molecule has 1 heteroatoms. The van der Waals surface area contributed by atoms with E-state index in [4.69, 9.17) is 0 Å². The standard InChI is InChI=1S/C21H26O/c1-16(15-21(2,3)4)14-20(22)19-13-9-8-12-18(19)17-10-6-5-7-11-17/h5-13,16H,14-15H2,1-4H3. The van der Waals surface area contributed by atoms with Crippen molar-refractivity contribution in [2.75, 3.05) is 0 Å². The first kappa shape index (κ1) is 16.5. The highest BCUT2D eigenvalue weighted by atomic mass is 16.1. The van der Waals surface area contributed by atoms with E-state index in [-0.39, 0.29) is 11.2 Å². The van der Waals surface area contributed by atoms with Gasteiger partial charge in [-0.15, -0.1) is 0 Å². The molecule has 0 N–H and O–H groups in total. The number of benzene rings is 2. The molecule has 0 saturated heterocycles. The zero-order valence-electron chi connectivity index (χ0n) is 14.1. The van der Waals surface area contributed by atoms with Gasteiger partial charge in [-0.1, -0.05) is 82.3 Å². The van der Waals surface area contributed by atoms with Crippen LogP contribution in [0.1, 0.15) is 50.9 Å². The van der Waals surface area contributed by atoms with Gasteiger partial charge in [0.15, 0.2) is 5.78 Å². The molecule has 1 unspecified atom stereocenters. The molecular formula is C21H26O. The number of carbonyl (C=O) groups excluding carboxylic acids is 1. The van der Waals surface area contributed by atoms with Crippen molar-refractivity contribution in [3.8, 4) is 11.1 Å². The fourth-order valence-corrected chi connectivity index (χ4v) is 3.14. The smallest absolute Gasteiger partial charge is 0.163 e. The Morgan fingerprint density at radius 2 is 1.55 bits per heavy atom. The highest BCUT2D eigenvalue weighted by Gasteiger charge is 2.20. The molecular weight excluding hydrogens is 268 g/mol. The van der Waals surface area contributed by atoms with Crippen LogP contribution in [0.2, 0.25) is 0 Å². The normalized spacial score (nSPS) is 12.9. The molecule has 0 aliphatic heterocycles. The Morgan fingerprint density at radius 1 is 0.955 bits per heavy atom. The van der Waals surface area contributed by atoms with Crippen LogP contribution in [0.25, 0.3) is 11.1 Å². The largest absolute Gasteiger partial charge is 0.294 e. The molecule has 0 bridgehead atoms. The molecule has 0 amide bonds. The van der Waals surface area contributed by atoms with E-state index in [1.54, 1.807) is 0 Å². The predicted octanol–water partition coefficient (Wildman–Crippen LogP) is 6.00. The Balaban J connectivity index is 2.21. The minimum absolute atomic E-state index is 0.246. The maximum Gasteiger partial charge on any atom is 0.163 e. The summed E-state index contributed by atoms with van der Waals surface area (Å²) in [5, 5.41) is 0. The molecule has 22 heavy (non-hydrogen) atoms. The third kappa shape index (κ3) is 4.56. The van der Waals surface area contributed by atoms with Crippen LogP contribution in [0, 0.1) is 11.3 Å². The zero-order chi connectivity index (χ0) is 16.2. The SMILES string of the molecule is CC(CC(=O)c1ccccc1-c1ccccc1)CC(C)(C)C. The van der Waals surface area contributed by atoms with E-state index in [0.29, 0.717) is 12.3 Å². The quantitative estimate of drug-likeness (QED) is 0.618. The van der Waals surface area contributed by atoms with Crippen molar-refractivity contribution in [2.24, 2.45) is 11.3 Å². The van der Waals surface area contributed by atoms with Crippen LogP contribution in [0.3, 0.4) is 0 Å². The lowest BCUT2D eigenvalue weighted by atomic mass is 9.82. The molecule has 0 aliphatic carbocycles. The van der Waals surface area contributed by atoms with Crippen LogP contribution in [0.15, 0.2) is 54.6 Å². The third-order valence-corrected chi connectivity index (χ3v) is 3.81. The second-order valence-corrected chi connectivity index (χ2v) is 7.41. The van der Waals surface area contributed by atoms with Crippen molar-refractivity contribution < 1.29 is 4.79 Å². The lowest BCUT2D eigenvalue weighted by Gasteiger charge is -2.23. The van der Waals surface area contributed by atoms with E-state index >= 15 is 0 Å². The summed E-state index contributed by atoms with van der Waals surface area (Å²) < 4.78 is 0. The summed E-state index contributed by atoms with van der Waals surface area (Å²) in [6.45, 7) is 8.86. The molecule has 2 aromatic carbocycles. The minimum Gasteiger partial charge on any atom is -0.294 e. The molecule has 0 heterocycles. The van der Waals surface area contributed by atoms with Gasteiger partial charge in [0.25, 0.3) is 0 Å². The van der Waals surface area contributed by atoms with Crippen LogP contribution in [-0.2, 0) is 0 Å². The van der Waals surface area contributed by atoms with E-state index in [1.807, 2.05) is 42.5 Å². The van der Waals surface area contributed by atoms with Gasteiger partial charge in [0.2, 0.25) is 0 Å². The predicted molar refractivity (Wildman–Crippen MR) is 94.1 cm³/mol. The first-order valence-electron chi connectivity index (χ1n) is 8.04. The van der Waals surface area contributed by atoms with Crippen LogP contribution < -0.4 is 0 Å². The number of ketones is 1. The molecule has 0 radical (unpaired) electrons. The van der Waals surface area contributed by atoms with Gasteiger partial charge < -0.3 is 0 Å². The number of rotatable bonds is 5. The fourth-order valence-electron chi connectivity index (χ4n) is 3.14. The van der Waals surface area contributed by atoms with Gasteiger partial charge in [0, 0.05) is 12.0 Å². The van der Waals surface area contributed by atoms with Crippen LogP contribution in [0.4, 0.5) is 0 Å². The second-order valence-electron chi connectivity index (χ2n) is 7.41. The molecule has 0 saturated carbocycles. The molecule has 2 rings (SSSR count). The Morgan fingerprint density at radius 3 is 2.18 bits per heavy atom. The highest BCUT2D eigenvalue weighted by molar-refractivity contribution is 6.02. The Bertz CT molecular complexity index is 620. The van der Waals surface area contributed by atoms with E-state index < -0.39 is 0 Å². The molecule has 0 fully saturated rings. The number of hydrogen-bond donors (Lipinski definition) is 0. The van der Waals surface area contributed by atoms with Gasteiger partial charge in [-0.25, -0.2) is 0 Å². The number of hydrogen-bond acceptors (Lipinski definition) is 1. The van der Waals surface area contributed by atoms with E-state index in [0.717, 1.165) is 23.1 Å². The maximum absolute atomic E-state index is 12.7. The van der Waals surface area contributed by atoms with Crippen LogP contribution >= 0.6 is 0 Å². The Kier molecular flexibility index (Phi) is 5.18. The van der Waals surface area contributed by atoms with Gasteiger partial charge >= 0.3 is 0 Å². The monoisotopic (exact) mass is 294 g/mol. The summed E-state index contributed by atoms with van der Waals surface area (Å²) in [5.41, 5.74) is 3.25. The van der Waals surface area contributed by atoms with Crippen molar-refractivity contribution in [3.63, 3.8) is 0 Å². The van der Waals surface area contributed by atoms with E-state index in [2.05, 4.69) is 39.8 Å². The molecule has 1 atom stereocenters. The average molecular weight is 294 g/mol. The van der Waals surface area contributed by atoms with Gasteiger partial charge in [-0.3, -0.25) is 4.79 Å². The summed E-state index contributed by atoms with van der Waals surface area (Å²) in [6.07, 6.45) is 1.67. The molecule has 0 aromatic heterocycles. The van der Waals surface area contributed by atoms with Gasteiger partial charge in [0.1, 0.15) is 0 Å². The summed E-state index contributed by atoms with van der Waals surface area (Å²) in [4.78, 5) is 12.7. The van der Waals surface area contributed by atoms with E-state index in [1.165, 1.54) is 0 Å². The molecule has 2 aromatic rings. The summed E-state index contributed by atoms with van der Waals surface area (Å²) in [6, 6.07) is 18.1. The molecule has 116 valence electrons. The maximum atomic E-state index is 12.7. The van der Waals surface area contributed by atoms with Crippen LogP contribution in [-0.4, -0.2) is 5.78 Å². The average Bonchev–Trinajstić information content (AvgIpc) is 2.46. The molecule has 1 nitrogen and oxygen atoms in total. The van der Waals surface area contributed by atoms with E-state index in [9.17, 15) is 4.79 Å². The van der Waals surface area contributed by atoms with Crippen molar-refractivity contribution in [3.05, 3.63) is 60.2 Å². The van der Waals surface area contributed by atoms with Crippen molar-refractivity contribution in [2.45, 2.75) is 40.5 Å². The minimum atomic E-state index is 0.246. The summed E-state index contributed by atoms with van der Waals surface area (Å²) >= 11 is 0. The molecule has 0 aliphatic rings. The zero-order valence-corrected chi connectivity index (χ0v) is 14.1. The first-order valence-corrected chi connectivity index (χ1v) is 8.04. The highest BCUT2D eigenvalue weighted by Crippen LogP contribution is 2.29. The lowest BCUT2D eigenvalue weighted by Crippen LogP contribution is -2.14. The Labute approximate surface area is 134 Å². The lowest BCUT2D eigenvalue weighted by molar-refractivity contribution is 0.0955. The van der Waals surface area contributed by atoms with Gasteiger partial charge in [-0.05, 0) is 28.9 Å². The third-order valence-electron chi connectivity index (χ3n) is 3.81. The second kappa shape index (κ2) is 6.91. The summed E-state index contributed by atoms with van der Waals surface area (Å²) in [5.74, 6) is 0.646. The number of Topliss-reactive ketones (excluding diaryl/α,β-unsaturated/α-hetero) is 1. The number of carbonyl (C=O) groups is 1.